The van der Waals surface area contributed by atoms with Gasteiger partial charge in [-0.25, -0.2) is 0 Å². The Morgan fingerprint density at radius 2 is 1.56 bits per heavy atom. The Bertz CT molecular complexity index is 1030. The number of methoxy groups -OCH3 is 1. The molecular weight excluding hydrogens is 420 g/mol. The number of para-hydroxylation sites is 1. The van der Waals surface area contributed by atoms with Crippen molar-refractivity contribution in [3.63, 3.8) is 0 Å². The number of hydrogen-bond acceptors (Lipinski definition) is 6. The molecule has 0 saturated carbocycles. The lowest BCUT2D eigenvalue weighted by Gasteiger charge is -2.36. The summed E-state index contributed by atoms with van der Waals surface area (Å²) in [6.07, 6.45) is 0. The summed E-state index contributed by atoms with van der Waals surface area (Å²) in [5.41, 5.74) is 2.40. The highest BCUT2D eigenvalue weighted by molar-refractivity contribution is 7.80. The van der Waals surface area contributed by atoms with Gasteiger partial charge in [0.25, 0.3) is 0 Å². The lowest BCUT2D eigenvalue weighted by atomic mass is 10.1. The summed E-state index contributed by atoms with van der Waals surface area (Å²) >= 11 is 5.50. The fourth-order valence-electron chi connectivity index (χ4n) is 3.73. The SMILES string of the molecule is COc1cc(N2CCN(c3ccccc3)CC2)nc(NC(=S)N[C@H](C)c2ccccc2)n1. The van der Waals surface area contributed by atoms with E-state index in [4.69, 9.17) is 21.9 Å². The average Bonchev–Trinajstić information content (AvgIpc) is 2.85. The molecule has 0 radical (unpaired) electrons. The standard InChI is InChI=1S/C24H28N6OS/c1-18(19-9-5-3-6-10-19)25-24(32)28-23-26-21(17-22(27-23)31-2)30-15-13-29(14-16-30)20-11-7-4-8-12-20/h3-12,17-18H,13-16H2,1-2H3,(H2,25,26,27,28,32)/t18-/m1/s1. The molecular formula is C24H28N6OS. The van der Waals surface area contributed by atoms with Crippen molar-refractivity contribution in [3.05, 3.63) is 72.3 Å². The third-order valence-electron chi connectivity index (χ3n) is 5.50. The quantitative estimate of drug-likeness (QED) is 0.551. The predicted molar refractivity (Wildman–Crippen MR) is 134 cm³/mol. The van der Waals surface area contributed by atoms with Gasteiger partial charge in [0.1, 0.15) is 5.82 Å². The Morgan fingerprint density at radius 3 is 2.22 bits per heavy atom. The van der Waals surface area contributed by atoms with Crippen LogP contribution in [0.1, 0.15) is 18.5 Å². The van der Waals surface area contributed by atoms with E-state index in [-0.39, 0.29) is 6.04 Å². The number of piperazine rings is 1. The van der Waals surface area contributed by atoms with Crippen LogP contribution in [0.3, 0.4) is 0 Å². The van der Waals surface area contributed by atoms with Crippen LogP contribution in [-0.4, -0.2) is 48.4 Å². The molecule has 1 atom stereocenters. The molecule has 4 rings (SSSR count). The van der Waals surface area contributed by atoms with E-state index in [2.05, 4.69) is 68.7 Å². The Balaban J connectivity index is 1.41. The van der Waals surface area contributed by atoms with Gasteiger partial charge in [-0.15, -0.1) is 0 Å². The van der Waals surface area contributed by atoms with Crippen LogP contribution in [0.25, 0.3) is 0 Å². The van der Waals surface area contributed by atoms with Crippen LogP contribution in [0.5, 0.6) is 5.88 Å². The molecule has 2 aromatic carbocycles. The van der Waals surface area contributed by atoms with E-state index in [0.717, 1.165) is 37.6 Å². The first-order valence-electron chi connectivity index (χ1n) is 10.7. The summed E-state index contributed by atoms with van der Waals surface area (Å²) in [5, 5.41) is 6.86. The summed E-state index contributed by atoms with van der Waals surface area (Å²) in [5.74, 6) is 1.75. The molecule has 32 heavy (non-hydrogen) atoms. The zero-order valence-electron chi connectivity index (χ0n) is 18.4. The Morgan fingerprint density at radius 1 is 0.938 bits per heavy atom. The molecule has 0 bridgehead atoms. The maximum Gasteiger partial charge on any atom is 0.234 e. The summed E-state index contributed by atoms with van der Waals surface area (Å²) in [7, 11) is 1.61. The number of ether oxygens (including phenoxy) is 1. The predicted octanol–water partition coefficient (Wildman–Crippen LogP) is 3.86. The summed E-state index contributed by atoms with van der Waals surface area (Å²) < 4.78 is 5.42. The second-order valence-corrected chi connectivity index (χ2v) is 8.04. The van der Waals surface area contributed by atoms with Gasteiger partial charge in [0.05, 0.1) is 13.2 Å². The van der Waals surface area contributed by atoms with Gasteiger partial charge in [0.15, 0.2) is 5.11 Å². The van der Waals surface area contributed by atoms with Gasteiger partial charge >= 0.3 is 0 Å². The molecule has 2 N–H and O–H groups in total. The third-order valence-corrected chi connectivity index (χ3v) is 5.72. The normalized spacial score (nSPS) is 14.6. The second kappa shape index (κ2) is 10.3. The van der Waals surface area contributed by atoms with E-state index in [9.17, 15) is 0 Å². The van der Waals surface area contributed by atoms with Crippen molar-refractivity contribution >= 4 is 34.8 Å². The van der Waals surface area contributed by atoms with E-state index in [1.807, 2.05) is 30.3 Å². The molecule has 1 fully saturated rings. The highest BCUT2D eigenvalue weighted by Gasteiger charge is 2.20. The van der Waals surface area contributed by atoms with Crippen molar-refractivity contribution in [2.45, 2.75) is 13.0 Å². The van der Waals surface area contributed by atoms with Gasteiger partial charge in [-0.05, 0) is 36.8 Å². The zero-order valence-corrected chi connectivity index (χ0v) is 19.2. The minimum Gasteiger partial charge on any atom is -0.481 e. The maximum absolute atomic E-state index is 5.50. The van der Waals surface area contributed by atoms with Crippen LogP contribution >= 0.6 is 12.2 Å². The molecule has 0 amide bonds. The first kappa shape index (κ1) is 21.8. The third kappa shape index (κ3) is 5.45. The Hall–Kier alpha value is -3.39. The van der Waals surface area contributed by atoms with Crippen LogP contribution in [-0.2, 0) is 0 Å². The number of thiocarbonyl (C=S) groups is 1. The molecule has 1 aliphatic rings. The van der Waals surface area contributed by atoms with Gasteiger partial charge in [0.2, 0.25) is 11.8 Å². The molecule has 166 valence electrons. The van der Waals surface area contributed by atoms with E-state index < -0.39 is 0 Å². The molecule has 0 spiro atoms. The number of nitrogens with zero attached hydrogens (tertiary/aromatic N) is 4. The molecule has 1 aromatic heterocycles. The fraction of sp³-hybridized carbons (Fsp3) is 0.292. The lowest BCUT2D eigenvalue weighted by molar-refractivity contribution is 0.397. The van der Waals surface area contributed by atoms with Crippen molar-refractivity contribution < 1.29 is 4.74 Å². The molecule has 8 heteroatoms. The average molecular weight is 449 g/mol. The minimum absolute atomic E-state index is 0.0624. The first-order chi connectivity index (χ1) is 15.6. The lowest BCUT2D eigenvalue weighted by Crippen LogP contribution is -2.47. The Kier molecular flexibility index (Phi) is 7.01. The van der Waals surface area contributed by atoms with E-state index in [1.165, 1.54) is 5.69 Å². The number of hydrogen-bond donors (Lipinski definition) is 2. The van der Waals surface area contributed by atoms with Gasteiger partial charge in [0, 0.05) is 37.9 Å². The molecule has 0 unspecified atom stereocenters. The number of benzene rings is 2. The molecule has 7 nitrogen and oxygen atoms in total. The fourth-order valence-corrected chi connectivity index (χ4v) is 4.00. The second-order valence-electron chi connectivity index (χ2n) is 7.63. The van der Waals surface area contributed by atoms with Crippen molar-refractivity contribution in [2.75, 3.05) is 48.4 Å². The van der Waals surface area contributed by atoms with Crippen LogP contribution in [0, 0.1) is 0 Å². The Labute approximate surface area is 194 Å². The first-order valence-corrected chi connectivity index (χ1v) is 11.1. The smallest absolute Gasteiger partial charge is 0.234 e. The summed E-state index contributed by atoms with van der Waals surface area (Å²) in [4.78, 5) is 13.8. The molecule has 1 aliphatic heterocycles. The van der Waals surface area contributed by atoms with E-state index >= 15 is 0 Å². The van der Waals surface area contributed by atoms with E-state index in [0.29, 0.717) is 16.9 Å². The number of aromatic nitrogens is 2. The van der Waals surface area contributed by atoms with Crippen LogP contribution in [0.2, 0.25) is 0 Å². The summed E-state index contributed by atoms with van der Waals surface area (Å²) in [6, 6.07) is 22.6. The number of nitrogens with one attached hydrogen (secondary N) is 2. The van der Waals surface area contributed by atoms with Crippen molar-refractivity contribution in [3.8, 4) is 5.88 Å². The molecule has 3 aromatic rings. The van der Waals surface area contributed by atoms with Gasteiger partial charge < -0.3 is 25.2 Å². The highest BCUT2D eigenvalue weighted by atomic mass is 32.1. The monoisotopic (exact) mass is 448 g/mol. The number of anilines is 3. The van der Waals surface area contributed by atoms with E-state index in [1.54, 1.807) is 7.11 Å². The van der Waals surface area contributed by atoms with Crippen LogP contribution in [0.15, 0.2) is 66.7 Å². The topological polar surface area (TPSA) is 65.6 Å². The van der Waals surface area contributed by atoms with Crippen molar-refractivity contribution in [2.24, 2.45) is 0 Å². The van der Waals surface area contributed by atoms with Gasteiger partial charge in [-0.3, -0.25) is 0 Å². The van der Waals surface area contributed by atoms with Gasteiger partial charge in [-0.2, -0.15) is 9.97 Å². The highest BCUT2D eigenvalue weighted by Crippen LogP contribution is 2.23. The maximum atomic E-state index is 5.50. The molecule has 2 heterocycles. The minimum atomic E-state index is 0.0624. The molecule has 0 aliphatic carbocycles. The largest absolute Gasteiger partial charge is 0.481 e. The van der Waals surface area contributed by atoms with Gasteiger partial charge in [-0.1, -0.05) is 48.5 Å². The van der Waals surface area contributed by atoms with Crippen LogP contribution < -0.4 is 25.2 Å². The van der Waals surface area contributed by atoms with Crippen LogP contribution in [0.4, 0.5) is 17.5 Å². The summed E-state index contributed by atoms with van der Waals surface area (Å²) in [6.45, 7) is 5.64. The molecule has 1 saturated heterocycles. The van der Waals surface area contributed by atoms with Crippen molar-refractivity contribution in [1.82, 2.24) is 15.3 Å². The zero-order chi connectivity index (χ0) is 22.3. The van der Waals surface area contributed by atoms with Crippen molar-refractivity contribution in [1.29, 1.82) is 0 Å². The number of rotatable bonds is 6.